The highest BCUT2D eigenvalue weighted by Gasteiger charge is 2.12. The summed E-state index contributed by atoms with van der Waals surface area (Å²) >= 11 is 0. The first kappa shape index (κ1) is 10.7. The number of aromatic nitrogens is 1. The molecule has 3 N–H and O–H groups in total. The number of hydrogen-bond donors (Lipinski definition) is 2. The summed E-state index contributed by atoms with van der Waals surface area (Å²) in [4.78, 5) is 14.8. The zero-order valence-corrected chi connectivity index (χ0v) is 8.32. The van der Waals surface area contributed by atoms with Gasteiger partial charge in [-0.2, -0.15) is 0 Å². The van der Waals surface area contributed by atoms with Gasteiger partial charge in [-0.25, -0.2) is 0 Å². The summed E-state index contributed by atoms with van der Waals surface area (Å²) in [6.45, 7) is 3.86. The second-order valence-corrected chi connectivity index (χ2v) is 3.35. The van der Waals surface area contributed by atoms with E-state index in [2.05, 4.69) is 4.98 Å². The van der Waals surface area contributed by atoms with Crippen molar-refractivity contribution in [2.75, 3.05) is 0 Å². The van der Waals surface area contributed by atoms with Crippen molar-refractivity contribution in [2.45, 2.75) is 26.3 Å². The Morgan fingerprint density at radius 1 is 1.57 bits per heavy atom. The van der Waals surface area contributed by atoms with Crippen LogP contribution in [-0.4, -0.2) is 22.1 Å². The van der Waals surface area contributed by atoms with E-state index in [4.69, 9.17) is 10.8 Å². The largest absolute Gasteiger partial charge is 0.480 e. The van der Waals surface area contributed by atoms with Gasteiger partial charge in [-0.15, -0.1) is 0 Å². The molecule has 0 aliphatic carbocycles. The average Bonchev–Trinajstić information content (AvgIpc) is 2.11. The summed E-state index contributed by atoms with van der Waals surface area (Å²) in [5.74, 6) is -0.995. The fourth-order valence-electron chi connectivity index (χ4n) is 1.11. The van der Waals surface area contributed by atoms with Gasteiger partial charge in [0.1, 0.15) is 6.04 Å². The van der Waals surface area contributed by atoms with Crippen LogP contribution in [0.5, 0.6) is 0 Å². The third-order valence-corrected chi connectivity index (χ3v) is 2.15. The Morgan fingerprint density at radius 2 is 2.21 bits per heavy atom. The van der Waals surface area contributed by atoms with Gasteiger partial charge in [0, 0.05) is 17.8 Å². The fraction of sp³-hybridized carbons (Fsp3) is 0.400. The Kier molecular flexibility index (Phi) is 3.19. The topological polar surface area (TPSA) is 76.2 Å². The van der Waals surface area contributed by atoms with Gasteiger partial charge < -0.3 is 10.8 Å². The van der Waals surface area contributed by atoms with E-state index in [9.17, 15) is 4.79 Å². The molecule has 0 radical (unpaired) electrons. The van der Waals surface area contributed by atoms with Crippen LogP contribution in [0.4, 0.5) is 0 Å². The van der Waals surface area contributed by atoms with Crippen LogP contribution in [0, 0.1) is 13.8 Å². The van der Waals surface area contributed by atoms with Gasteiger partial charge in [0.05, 0.1) is 0 Å². The maximum absolute atomic E-state index is 10.5. The van der Waals surface area contributed by atoms with Crippen LogP contribution in [0.1, 0.15) is 17.0 Å². The Bertz CT molecular complexity index is 350. The van der Waals surface area contributed by atoms with Gasteiger partial charge in [-0.05, 0) is 25.5 Å². The summed E-state index contributed by atoms with van der Waals surface area (Å²) in [7, 11) is 0. The molecule has 0 fully saturated rings. The Hall–Kier alpha value is -1.42. The van der Waals surface area contributed by atoms with E-state index < -0.39 is 12.0 Å². The number of aliphatic carboxylic acids is 1. The van der Waals surface area contributed by atoms with Crippen LogP contribution in [0.15, 0.2) is 12.1 Å². The zero-order valence-electron chi connectivity index (χ0n) is 8.32. The van der Waals surface area contributed by atoms with Gasteiger partial charge in [-0.3, -0.25) is 9.78 Å². The lowest BCUT2D eigenvalue weighted by molar-refractivity contribution is -0.138. The highest BCUT2D eigenvalue weighted by Crippen LogP contribution is 2.06. The van der Waals surface area contributed by atoms with E-state index in [-0.39, 0.29) is 6.42 Å². The molecule has 14 heavy (non-hydrogen) atoms. The number of hydrogen-bond acceptors (Lipinski definition) is 3. The van der Waals surface area contributed by atoms with Crippen molar-refractivity contribution in [1.82, 2.24) is 4.98 Å². The van der Waals surface area contributed by atoms with E-state index in [1.165, 1.54) is 0 Å². The number of carboxylic acids is 1. The quantitative estimate of drug-likeness (QED) is 0.740. The Morgan fingerprint density at radius 3 is 2.71 bits per heavy atom. The van der Waals surface area contributed by atoms with Crippen molar-refractivity contribution in [3.05, 3.63) is 29.1 Å². The molecule has 0 amide bonds. The van der Waals surface area contributed by atoms with Gasteiger partial charge in [0.15, 0.2) is 0 Å². The molecule has 0 saturated carbocycles. The van der Waals surface area contributed by atoms with Crippen LogP contribution >= 0.6 is 0 Å². The van der Waals surface area contributed by atoms with Crippen LogP contribution < -0.4 is 5.73 Å². The molecule has 1 heterocycles. The molecule has 1 rings (SSSR count). The number of carbonyl (C=O) groups is 1. The molecule has 0 aliphatic rings. The summed E-state index contributed by atoms with van der Waals surface area (Å²) in [6, 6.07) is 2.86. The minimum absolute atomic E-state index is 0.274. The predicted octanol–water partition coefficient (Wildman–Crippen LogP) is 0.653. The molecule has 0 saturated heterocycles. The highest BCUT2D eigenvalue weighted by molar-refractivity contribution is 5.73. The number of carboxylic acid groups (broad SMARTS) is 1. The number of pyridine rings is 1. The van der Waals surface area contributed by atoms with Crippen molar-refractivity contribution in [1.29, 1.82) is 0 Å². The van der Waals surface area contributed by atoms with Crippen molar-refractivity contribution < 1.29 is 9.90 Å². The van der Waals surface area contributed by atoms with Crippen molar-refractivity contribution in [3.63, 3.8) is 0 Å². The standard InChI is InChI=1S/C10H14N2O2/c1-6-3-4-8(12-7(6)2)5-9(11)10(13)14/h3-4,9H,5,11H2,1-2H3,(H,13,14). The van der Waals surface area contributed by atoms with Crippen molar-refractivity contribution in [3.8, 4) is 0 Å². The second kappa shape index (κ2) is 4.19. The summed E-state index contributed by atoms with van der Waals surface area (Å²) in [6.07, 6.45) is 0.274. The highest BCUT2D eigenvalue weighted by atomic mass is 16.4. The first-order chi connectivity index (χ1) is 6.50. The molecule has 4 heteroatoms. The van der Waals surface area contributed by atoms with Gasteiger partial charge in [0.25, 0.3) is 0 Å². The van der Waals surface area contributed by atoms with E-state index in [0.717, 1.165) is 17.0 Å². The molecule has 0 aromatic carbocycles. The molecule has 0 spiro atoms. The first-order valence-electron chi connectivity index (χ1n) is 4.42. The molecule has 1 aromatic rings. The Labute approximate surface area is 82.8 Å². The number of nitrogens with zero attached hydrogens (tertiary/aromatic N) is 1. The lowest BCUT2D eigenvalue weighted by Gasteiger charge is -2.07. The van der Waals surface area contributed by atoms with Crippen molar-refractivity contribution in [2.24, 2.45) is 5.73 Å². The van der Waals surface area contributed by atoms with Gasteiger partial charge in [-0.1, -0.05) is 6.07 Å². The zero-order chi connectivity index (χ0) is 10.7. The lowest BCUT2D eigenvalue weighted by atomic mass is 10.1. The summed E-state index contributed by atoms with van der Waals surface area (Å²) < 4.78 is 0. The smallest absolute Gasteiger partial charge is 0.320 e. The molecule has 4 nitrogen and oxygen atoms in total. The lowest BCUT2D eigenvalue weighted by Crippen LogP contribution is -2.32. The SMILES string of the molecule is Cc1ccc(CC(N)C(=O)O)nc1C. The minimum Gasteiger partial charge on any atom is -0.480 e. The van der Waals surface area contributed by atoms with Crippen LogP contribution in [-0.2, 0) is 11.2 Å². The molecule has 1 aromatic heterocycles. The number of rotatable bonds is 3. The van der Waals surface area contributed by atoms with Crippen LogP contribution in [0.3, 0.4) is 0 Å². The predicted molar refractivity (Wildman–Crippen MR) is 53.0 cm³/mol. The van der Waals surface area contributed by atoms with Gasteiger partial charge >= 0.3 is 5.97 Å². The molecule has 1 atom stereocenters. The Balaban J connectivity index is 2.78. The first-order valence-corrected chi connectivity index (χ1v) is 4.42. The average molecular weight is 194 g/mol. The molecular formula is C10H14N2O2. The third-order valence-electron chi connectivity index (χ3n) is 2.15. The molecule has 0 aliphatic heterocycles. The molecule has 0 bridgehead atoms. The normalized spacial score (nSPS) is 12.5. The molecule has 76 valence electrons. The van der Waals surface area contributed by atoms with Crippen molar-refractivity contribution >= 4 is 5.97 Å². The molecular weight excluding hydrogens is 180 g/mol. The monoisotopic (exact) mass is 194 g/mol. The van der Waals surface area contributed by atoms with Gasteiger partial charge in [0.2, 0.25) is 0 Å². The van der Waals surface area contributed by atoms with Crippen LogP contribution in [0.2, 0.25) is 0 Å². The fourth-order valence-corrected chi connectivity index (χ4v) is 1.11. The van der Waals surface area contributed by atoms with Crippen LogP contribution in [0.25, 0.3) is 0 Å². The van der Waals surface area contributed by atoms with E-state index >= 15 is 0 Å². The summed E-state index contributed by atoms with van der Waals surface area (Å²) in [5, 5.41) is 8.61. The maximum atomic E-state index is 10.5. The van der Waals surface area contributed by atoms with E-state index in [0.29, 0.717) is 0 Å². The van der Waals surface area contributed by atoms with E-state index in [1.54, 1.807) is 0 Å². The maximum Gasteiger partial charge on any atom is 0.320 e. The summed E-state index contributed by atoms with van der Waals surface area (Å²) in [5.41, 5.74) is 8.13. The molecule has 1 unspecified atom stereocenters. The number of aryl methyl sites for hydroxylation is 2. The number of nitrogens with two attached hydrogens (primary N) is 1. The second-order valence-electron chi connectivity index (χ2n) is 3.35. The third kappa shape index (κ3) is 2.53. The van der Waals surface area contributed by atoms with E-state index in [1.807, 2.05) is 26.0 Å². The minimum atomic E-state index is -0.995.